The molecule has 0 radical (unpaired) electrons. The molecule has 1 fully saturated rings. The Morgan fingerprint density at radius 1 is 0.824 bits per heavy atom. The van der Waals surface area contributed by atoms with E-state index in [2.05, 4.69) is 85.3 Å². The second-order valence-corrected chi connectivity index (χ2v) is 15.8. The molecule has 6 N–H and O–H groups in total. The summed E-state index contributed by atoms with van der Waals surface area (Å²) in [5.74, 6) is 2.24. The molecule has 5 aromatic rings. The van der Waals surface area contributed by atoms with Crippen LogP contribution in [0.3, 0.4) is 0 Å². The molecule has 20 heteroatoms. The molecule has 0 unspecified atom stereocenters. The average Bonchev–Trinajstić information content (AvgIpc) is 3.89. The van der Waals surface area contributed by atoms with Gasteiger partial charge in [0.2, 0.25) is 23.7 Å². The summed E-state index contributed by atoms with van der Waals surface area (Å²) in [5, 5.41) is 18.0. The van der Waals surface area contributed by atoms with Gasteiger partial charge in [-0.1, -0.05) is 49.2 Å². The number of carbonyl (C=O) groups excluding carboxylic acids is 5. The lowest BCUT2D eigenvalue weighted by atomic mass is 10.1. The number of amides is 4. The molecule has 6 rings (SSSR count). The summed E-state index contributed by atoms with van der Waals surface area (Å²) in [7, 11) is 1.23. The molecular formula is C48H54BrN11O8. The minimum Gasteiger partial charge on any atom is -0.465 e. The van der Waals surface area contributed by atoms with E-state index in [1.54, 1.807) is 0 Å². The third-order valence-electron chi connectivity index (χ3n) is 9.77. The first-order valence-electron chi connectivity index (χ1n) is 21.8. The van der Waals surface area contributed by atoms with E-state index in [4.69, 9.17) is 15.9 Å². The lowest BCUT2D eigenvalue weighted by Crippen LogP contribution is -2.32. The van der Waals surface area contributed by atoms with Crippen LogP contribution >= 0.6 is 15.9 Å². The van der Waals surface area contributed by atoms with Crippen LogP contribution < -0.4 is 36.6 Å². The second kappa shape index (κ2) is 27.0. The van der Waals surface area contributed by atoms with Crippen molar-refractivity contribution in [1.29, 1.82) is 0 Å². The van der Waals surface area contributed by atoms with Crippen LogP contribution in [0.15, 0.2) is 89.7 Å². The van der Waals surface area contributed by atoms with Crippen LogP contribution in [0.5, 0.6) is 5.88 Å². The number of aromatic nitrogens is 4. The molecule has 1 aliphatic heterocycles. The topological polar surface area (TPSA) is 240 Å². The van der Waals surface area contributed by atoms with E-state index < -0.39 is 24.5 Å². The molecule has 3 heterocycles. The Morgan fingerprint density at radius 3 is 2.26 bits per heavy atom. The number of halogens is 1. The zero-order valence-electron chi connectivity index (χ0n) is 38.0. The molecule has 0 spiro atoms. The Bertz CT molecular complexity index is 2550. The van der Waals surface area contributed by atoms with E-state index in [-0.39, 0.29) is 41.6 Å². The number of hydrogen-bond donors (Lipinski definition) is 6. The zero-order valence-corrected chi connectivity index (χ0v) is 39.6. The first-order valence-corrected chi connectivity index (χ1v) is 22.6. The van der Waals surface area contributed by atoms with Crippen molar-refractivity contribution in [2.45, 2.75) is 52.4 Å². The van der Waals surface area contributed by atoms with Gasteiger partial charge in [-0.2, -0.15) is 9.97 Å². The molecule has 1 aliphatic rings. The number of esters is 2. The van der Waals surface area contributed by atoms with E-state index in [0.29, 0.717) is 35.6 Å². The average molecular weight is 993 g/mol. The number of likely N-dealkylation sites (tertiary alicyclic amines) is 1. The molecule has 1 saturated heterocycles. The molecular weight excluding hydrogens is 939 g/mol. The highest BCUT2D eigenvalue weighted by Gasteiger charge is 2.18. The fourth-order valence-corrected chi connectivity index (χ4v) is 6.75. The van der Waals surface area contributed by atoms with Crippen molar-refractivity contribution in [3.8, 4) is 18.2 Å². The minimum absolute atomic E-state index is 0.0192. The van der Waals surface area contributed by atoms with E-state index in [9.17, 15) is 24.0 Å². The van der Waals surface area contributed by atoms with Crippen molar-refractivity contribution in [3.05, 3.63) is 106 Å². The summed E-state index contributed by atoms with van der Waals surface area (Å²) >= 11 is 3.26. The van der Waals surface area contributed by atoms with Gasteiger partial charge in [0.1, 0.15) is 5.82 Å². The Kier molecular flexibility index (Phi) is 20.3. The van der Waals surface area contributed by atoms with E-state index >= 15 is 0 Å². The largest absolute Gasteiger partial charge is 0.465 e. The first kappa shape index (κ1) is 51.2. The van der Waals surface area contributed by atoms with Gasteiger partial charge in [0, 0.05) is 74.0 Å². The number of aryl methyl sites for hydroxylation is 2. The van der Waals surface area contributed by atoms with Crippen molar-refractivity contribution in [3.63, 3.8) is 0 Å². The minimum atomic E-state index is -0.621. The molecule has 3 aromatic carbocycles. The molecule has 0 saturated carbocycles. The number of terminal acetylenes is 1. The summed E-state index contributed by atoms with van der Waals surface area (Å²) in [6.07, 6.45) is 13.4. The molecule has 356 valence electrons. The first-order chi connectivity index (χ1) is 32.9. The van der Waals surface area contributed by atoms with Gasteiger partial charge in [-0.25, -0.2) is 19.6 Å². The number of methoxy groups -OCH3 is 1. The number of ether oxygens (including phenoxy) is 3. The SMILES string of the molecule is C#CCOc1nc(Nc2cc(NC(=O)COC(C)=O)cc(C(=O)OC)c2)ncc1Br.CCc1cnc(Nc2cccc(NC(=O)N3CCCC3)c2)nc1NCCCNC(=O)CCc1ccccc1. The van der Waals surface area contributed by atoms with E-state index in [0.717, 1.165) is 67.9 Å². The maximum Gasteiger partial charge on any atom is 0.337 e. The van der Waals surface area contributed by atoms with Gasteiger partial charge in [-0.3, -0.25) is 14.4 Å². The Balaban J connectivity index is 0.000000262. The number of nitrogens with one attached hydrogen (secondary N) is 6. The third-order valence-corrected chi connectivity index (χ3v) is 10.3. The van der Waals surface area contributed by atoms with Gasteiger partial charge in [0.05, 0.1) is 23.3 Å². The normalized spacial score (nSPS) is 11.4. The molecule has 19 nitrogen and oxygen atoms in total. The maximum absolute atomic E-state index is 12.4. The lowest BCUT2D eigenvalue weighted by molar-refractivity contribution is -0.144. The number of nitrogens with zero attached hydrogens (tertiary/aromatic N) is 5. The van der Waals surface area contributed by atoms with Gasteiger partial charge in [-0.15, -0.1) is 6.42 Å². The van der Waals surface area contributed by atoms with Crippen molar-refractivity contribution >= 4 is 86.2 Å². The molecule has 0 aliphatic carbocycles. The summed E-state index contributed by atoms with van der Waals surface area (Å²) in [5.41, 5.74) is 4.51. The molecule has 0 bridgehead atoms. The van der Waals surface area contributed by atoms with Crippen LogP contribution in [0.2, 0.25) is 0 Å². The monoisotopic (exact) mass is 991 g/mol. The fraction of sp³-hybridized carbons (Fsp3) is 0.312. The van der Waals surface area contributed by atoms with Crippen molar-refractivity contribution in [2.24, 2.45) is 0 Å². The van der Waals surface area contributed by atoms with Crippen molar-refractivity contribution in [2.75, 3.05) is 73.1 Å². The zero-order chi connectivity index (χ0) is 48.7. The predicted molar refractivity (Wildman–Crippen MR) is 262 cm³/mol. The van der Waals surface area contributed by atoms with Crippen LogP contribution in [0.4, 0.5) is 45.3 Å². The van der Waals surface area contributed by atoms with Crippen LogP contribution in [0, 0.1) is 12.3 Å². The second-order valence-electron chi connectivity index (χ2n) is 15.0. The smallest absolute Gasteiger partial charge is 0.337 e. The Hall–Kier alpha value is -7.79. The Morgan fingerprint density at radius 2 is 1.53 bits per heavy atom. The number of urea groups is 1. The summed E-state index contributed by atoms with van der Waals surface area (Å²) in [4.78, 5) is 78.6. The molecule has 4 amide bonds. The number of anilines is 7. The van der Waals surface area contributed by atoms with E-state index in [1.807, 2.05) is 65.7 Å². The molecule has 2 aromatic heterocycles. The number of hydrogen-bond acceptors (Lipinski definition) is 15. The van der Waals surface area contributed by atoms with Gasteiger partial charge >= 0.3 is 18.0 Å². The maximum atomic E-state index is 12.4. The van der Waals surface area contributed by atoms with Crippen molar-refractivity contribution < 1.29 is 38.2 Å². The highest BCUT2D eigenvalue weighted by atomic mass is 79.9. The summed E-state index contributed by atoms with van der Waals surface area (Å²) in [6.45, 7) is 5.70. The fourth-order valence-electron chi connectivity index (χ4n) is 6.44. The van der Waals surface area contributed by atoms with Gasteiger partial charge < -0.3 is 51.0 Å². The number of rotatable bonds is 20. The van der Waals surface area contributed by atoms with Crippen LogP contribution in [0.1, 0.15) is 61.0 Å². The van der Waals surface area contributed by atoms with E-state index in [1.165, 1.54) is 44.0 Å². The lowest BCUT2D eigenvalue weighted by Gasteiger charge is -2.17. The molecule has 0 atom stereocenters. The number of benzene rings is 3. The van der Waals surface area contributed by atoms with Crippen molar-refractivity contribution in [1.82, 2.24) is 30.2 Å². The predicted octanol–water partition coefficient (Wildman–Crippen LogP) is 7.24. The standard InChI is InChI=1S/C29H37N7O2.C19H17BrN4O6/c1-2-23-21-32-28(33-24-12-8-13-25(20-24)34-29(38)36-18-6-7-19-36)35-27(23)31-17-9-16-30-26(37)15-14-22-10-4-3-5-11-22;1-4-5-29-17-15(20)9-21-19(24-17)23-14-7-12(18(27)28-3)6-13(8-14)22-16(26)10-30-11(2)25/h3-5,8,10-13,20-21H,2,6-7,9,14-19H2,1H3,(H,30,37)(H,34,38)(H2,31,32,33,35);1,6-9H,5,10H2,2-3H3,(H,22,26)(H,21,23,24). The summed E-state index contributed by atoms with van der Waals surface area (Å²) in [6, 6.07) is 21.9. The summed E-state index contributed by atoms with van der Waals surface area (Å²) < 4.78 is 15.2. The van der Waals surface area contributed by atoms with Gasteiger partial charge in [0.25, 0.3) is 5.91 Å². The van der Waals surface area contributed by atoms with Crippen LogP contribution in [-0.4, -0.2) is 101 Å². The quantitative estimate of drug-likeness (QED) is 0.0256. The van der Waals surface area contributed by atoms with Gasteiger partial charge in [0.15, 0.2) is 13.2 Å². The van der Waals surface area contributed by atoms with Crippen LogP contribution in [-0.2, 0) is 36.7 Å². The molecule has 68 heavy (non-hydrogen) atoms. The Labute approximate surface area is 403 Å². The highest BCUT2D eigenvalue weighted by Crippen LogP contribution is 2.27. The van der Waals surface area contributed by atoms with Crippen LogP contribution in [0.25, 0.3) is 0 Å². The highest BCUT2D eigenvalue weighted by molar-refractivity contribution is 9.10. The van der Waals surface area contributed by atoms with Gasteiger partial charge in [-0.05, 0) is 90.0 Å². The third kappa shape index (κ3) is 17.2. The number of carbonyl (C=O) groups is 5.